The summed E-state index contributed by atoms with van der Waals surface area (Å²) >= 11 is 0. The van der Waals surface area contributed by atoms with Gasteiger partial charge in [-0.3, -0.25) is 24.1 Å². The van der Waals surface area contributed by atoms with Gasteiger partial charge in [0, 0.05) is 18.7 Å². The summed E-state index contributed by atoms with van der Waals surface area (Å²) in [5.41, 5.74) is 1.37. The minimum atomic E-state index is -0.560. The fourth-order valence-electron chi connectivity index (χ4n) is 2.76. The Morgan fingerprint density at radius 3 is 2.11 bits per heavy atom. The van der Waals surface area contributed by atoms with Gasteiger partial charge in [0.25, 0.3) is 17.7 Å². The number of amides is 3. The lowest BCUT2D eigenvalue weighted by atomic mass is 10.1. The van der Waals surface area contributed by atoms with E-state index in [0.29, 0.717) is 16.8 Å². The molecule has 0 aliphatic carbocycles. The molecule has 2 aromatic rings. The monoisotopic (exact) mass is 366 g/mol. The van der Waals surface area contributed by atoms with E-state index < -0.39 is 11.9 Å². The Kier molecular flexibility index (Phi) is 5.61. The van der Waals surface area contributed by atoms with Gasteiger partial charge in [-0.25, -0.2) is 0 Å². The molecular formula is C20H18N2O5. The van der Waals surface area contributed by atoms with Crippen LogP contribution in [0.3, 0.4) is 0 Å². The number of ether oxygens (including phenoxy) is 1. The van der Waals surface area contributed by atoms with Gasteiger partial charge in [-0.15, -0.1) is 0 Å². The molecule has 1 N–H and O–H groups in total. The second kappa shape index (κ2) is 8.27. The van der Waals surface area contributed by atoms with Gasteiger partial charge < -0.3 is 10.1 Å². The van der Waals surface area contributed by atoms with Crippen molar-refractivity contribution in [2.45, 2.75) is 12.8 Å². The van der Waals surface area contributed by atoms with Gasteiger partial charge in [-0.2, -0.15) is 0 Å². The number of para-hydroxylation sites is 1. The number of carbonyl (C=O) groups excluding carboxylic acids is 4. The number of anilines is 1. The normalized spacial score (nSPS) is 12.7. The molecule has 0 saturated heterocycles. The number of hydrogen-bond acceptors (Lipinski definition) is 5. The van der Waals surface area contributed by atoms with Crippen LogP contribution in [0, 0.1) is 0 Å². The van der Waals surface area contributed by atoms with E-state index in [0.717, 1.165) is 4.90 Å². The van der Waals surface area contributed by atoms with Crippen molar-refractivity contribution in [1.82, 2.24) is 4.90 Å². The molecule has 7 heteroatoms. The zero-order valence-corrected chi connectivity index (χ0v) is 14.5. The number of esters is 1. The van der Waals surface area contributed by atoms with Crippen LogP contribution in [0.2, 0.25) is 0 Å². The van der Waals surface area contributed by atoms with E-state index in [2.05, 4.69) is 5.32 Å². The quantitative estimate of drug-likeness (QED) is 0.599. The third-order valence-corrected chi connectivity index (χ3v) is 4.06. The first-order valence-corrected chi connectivity index (χ1v) is 8.52. The van der Waals surface area contributed by atoms with E-state index >= 15 is 0 Å². The van der Waals surface area contributed by atoms with Gasteiger partial charge in [-0.05, 0) is 30.7 Å². The molecule has 1 aliphatic heterocycles. The number of hydrogen-bond donors (Lipinski definition) is 1. The molecule has 27 heavy (non-hydrogen) atoms. The van der Waals surface area contributed by atoms with Gasteiger partial charge in [0.05, 0.1) is 11.1 Å². The number of carbonyl (C=O) groups is 4. The number of benzene rings is 2. The molecule has 0 atom stereocenters. The Labute approximate surface area is 155 Å². The predicted molar refractivity (Wildman–Crippen MR) is 97.1 cm³/mol. The lowest BCUT2D eigenvalue weighted by Gasteiger charge is -2.13. The van der Waals surface area contributed by atoms with Crippen molar-refractivity contribution in [3.63, 3.8) is 0 Å². The summed E-state index contributed by atoms with van der Waals surface area (Å²) in [6.45, 7) is -0.265. The molecule has 7 nitrogen and oxygen atoms in total. The average molecular weight is 366 g/mol. The van der Waals surface area contributed by atoms with Crippen molar-refractivity contribution < 1.29 is 23.9 Å². The molecule has 1 aliphatic rings. The zero-order valence-electron chi connectivity index (χ0n) is 14.5. The lowest BCUT2D eigenvalue weighted by molar-refractivity contribution is -0.147. The smallest absolute Gasteiger partial charge is 0.306 e. The molecule has 138 valence electrons. The fraction of sp³-hybridized carbons (Fsp3) is 0.200. The second-order valence-electron chi connectivity index (χ2n) is 5.99. The third kappa shape index (κ3) is 4.38. The van der Waals surface area contributed by atoms with Crippen molar-refractivity contribution in [2.75, 3.05) is 18.5 Å². The van der Waals surface area contributed by atoms with Gasteiger partial charge >= 0.3 is 5.97 Å². The highest BCUT2D eigenvalue weighted by Crippen LogP contribution is 2.22. The Hall–Kier alpha value is -3.48. The SMILES string of the molecule is O=C(COC(=O)CCCN1C(=O)c2ccccc2C1=O)Nc1ccccc1. The van der Waals surface area contributed by atoms with Crippen LogP contribution in [0.15, 0.2) is 54.6 Å². The van der Waals surface area contributed by atoms with Crippen LogP contribution >= 0.6 is 0 Å². The number of fused-ring (bicyclic) bond motifs is 1. The summed E-state index contributed by atoms with van der Waals surface area (Å²) in [4.78, 5) is 49.0. The van der Waals surface area contributed by atoms with Crippen molar-refractivity contribution in [1.29, 1.82) is 0 Å². The summed E-state index contributed by atoms with van der Waals surface area (Å²) in [7, 11) is 0. The molecular weight excluding hydrogens is 348 g/mol. The van der Waals surface area contributed by atoms with Crippen LogP contribution < -0.4 is 5.32 Å². The molecule has 0 spiro atoms. The molecule has 3 amide bonds. The highest BCUT2D eigenvalue weighted by Gasteiger charge is 2.34. The molecule has 0 bridgehead atoms. The second-order valence-corrected chi connectivity index (χ2v) is 5.99. The first-order chi connectivity index (χ1) is 13.1. The zero-order chi connectivity index (χ0) is 19.2. The first-order valence-electron chi connectivity index (χ1n) is 8.52. The summed E-state index contributed by atoms with van der Waals surface area (Å²) in [6, 6.07) is 15.4. The minimum absolute atomic E-state index is 0.00597. The fourth-order valence-corrected chi connectivity index (χ4v) is 2.76. The predicted octanol–water partition coefficient (Wildman–Crippen LogP) is 2.24. The van der Waals surface area contributed by atoms with Gasteiger partial charge in [-0.1, -0.05) is 30.3 Å². The van der Waals surface area contributed by atoms with Gasteiger partial charge in [0.1, 0.15) is 0 Å². The summed E-state index contributed by atoms with van der Waals surface area (Å²) < 4.78 is 4.92. The van der Waals surface area contributed by atoms with E-state index in [4.69, 9.17) is 4.74 Å². The number of nitrogens with zero attached hydrogens (tertiary/aromatic N) is 1. The van der Waals surface area contributed by atoms with Crippen molar-refractivity contribution in [2.24, 2.45) is 0 Å². The highest BCUT2D eigenvalue weighted by molar-refractivity contribution is 6.21. The topological polar surface area (TPSA) is 92.8 Å². The molecule has 2 aromatic carbocycles. The maximum Gasteiger partial charge on any atom is 0.306 e. The van der Waals surface area contributed by atoms with Crippen LogP contribution in [0.25, 0.3) is 0 Å². The molecule has 0 saturated carbocycles. The maximum atomic E-state index is 12.2. The maximum absolute atomic E-state index is 12.2. The number of rotatable bonds is 7. The van der Waals surface area contributed by atoms with Crippen LogP contribution in [0.1, 0.15) is 33.6 Å². The number of nitrogens with one attached hydrogen (secondary N) is 1. The van der Waals surface area contributed by atoms with Crippen LogP contribution in [0.4, 0.5) is 5.69 Å². The largest absolute Gasteiger partial charge is 0.456 e. The van der Waals surface area contributed by atoms with Crippen LogP contribution in [0.5, 0.6) is 0 Å². The third-order valence-electron chi connectivity index (χ3n) is 4.06. The highest BCUT2D eigenvalue weighted by atomic mass is 16.5. The average Bonchev–Trinajstić information content (AvgIpc) is 2.92. The van der Waals surface area contributed by atoms with Crippen LogP contribution in [-0.2, 0) is 14.3 Å². The van der Waals surface area contributed by atoms with E-state index in [1.54, 1.807) is 48.5 Å². The van der Waals surface area contributed by atoms with Crippen LogP contribution in [-0.4, -0.2) is 41.7 Å². The Bertz CT molecular complexity index is 844. The summed E-state index contributed by atoms with van der Waals surface area (Å²) in [5, 5.41) is 2.61. The van der Waals surface area contributed by atoms with Crippen molar-refractivity contribution >= 4 is 29.4 Å². The van der Waals surface area contributed by atoms with Gasteiger partial charge in [0.2, 0.25) is 0 Å². The number of imide groups is 1. The van der Waals surface area contributed by atoms with Crippen molar-refractivity contribution in [3.05, 3.63) is 65.7 Å². The van der Waals surface area contributed by atoms with E-state index in [9.17, 15) is 19.2 Å². The molecule has 3 rings (SSSR count). The summed E-state index contributed by atoms with van der Waals surface area (Å²) in [5.74, 6) is -1.71. The van der Waals surface area contributed by atoms with Gasteiger partial charge in [0.15, 0.2) is 6.61 Å². The molecule has 1 heterocycles. The lowest BCUT2D eigenvalue weighted by Crippen LogP contribution is -2.31. The summed E-state index contributed by atoms with van der Waals surface area (Å²) in [6.07, 6.45) is 0.274. The molecule has 0 fully saturated rings. The standard InChI is InChI=1S/C20H18N2O5/c23-17(21-14-7-2-1-3-8-14)13-27-18(24)11-6-12-22-19(25)15-9-4-5-10-16(15)20(22)26/h1-5,7-10H,6,11-13H2,(H,21,23). The molecule has 0 unspecified atom stereocenters. The minimum Gasteiger partial charge on any atom is -0.456 e. The van der Waals surface area contributed by atoms with E-state index in [1.807, 2.05) is 6.07 Å². The van der Waals surface area contributed by atoms with Crippen molar-refractivity contribution in [3.8, 4) is 0 Å². The Morgan fingerprint density at radius 1 is 0.889 bits per heavy atom. The van der Waals surface area contributed by atoms with E-state index in [1.165, 1.54) is 0 Å². The first kappa shape index (κ1) is 18.3. The Morgan fingerprint density at radius 2 is 1.48 bits per heavy atom. The molecule has 0 aromatic heterocycles. The molecule has 0 radical (unpaired) electrons. The Balaban J connectivity index is 1.40. The van der Waals surface area contributed by atoms with E-state index in [-0.39, 0.29) is 37.8 Å².